The zero-order valence-electron chi connectivity index (χ0n) is 7.94. The van der Waals surface area contributed by atoms with E-state index in [9.17, 15) is 4.79 Å². The summed E-state index contributed by atoms with van der Waals surface area (Å²) in [5.74, 6) is -0.0510. The second-order valence-electron chi connectivity index (χ2n) is 2.75. The van der Waals surface area contributed by atoms with E-state index in [1.165, 1.54) is 16.7 Å². The quantitative estimate of drug-likeness (QED) is 0.672. The Balaban J connectivity index is 3.06. The third kappa shape index (κ3) is 2.21. The van der Waals surface area contributed by atoms with E-state index in [1.807, 2.05) is 18.4 Å². The number of hydrogen-bond acceptors (Lipinski definition) is 3. The van der Waals surface area contributed by atoms with Gasteiger partial charge in [-0.1, -0.05) is 0 Å². The van der Waals surface area contributed by atoms with Gasteiger partial charge in [-0.25, -0.2) is 4.98 Å². The highest BCUT2D eigenvalue weighted by Gasteiger charge is 2.13. The lowest BCUT2D eigenvalue weighted by Gasteiger charge is -2.11. The molecule has 1 amide bonds. The zero-order chi connectivity index (χ0) is 9.84. The van der Waals surface area contributed by atoms with Gasteiger partial charge in [-0.2, -0.15) is 0 Å². The predicted molar refractivity (Wildman–Crippen MR) is 54.0 cm³/mol. The van der Waals surface area contributed by atoms with Crippen LogP contribution in [0.3, 0.4) is 0 Å². The normalized spacial score (nSPS) is 9.77. The Kier molecular flexibility index (Phi) is 3.31. The summed E-state index contributed by atoms with van der Waals surface area (Å²) in [7, 11) is 3.45. The minimum atomic E-state index is -0.0510. The van der Waals surface area contributed by atoms with Gasteiger partial charge in [-0.05, 0) is 18.4 Å². The highest BCUT2D eigenvalue weighted by molar-refractivity contribution is 7.98. The van der Waals surface area contributed by atoms with Gasteiger partial charge in [-0.15, -0.1) is 11.8 Å². The fraction of sp³-hybridized carbons (Fsp3) is 0.333. The van der Waals surface area contributed by atoms with Crippen LogP contribution in [0.4, 0.5) is 0 Å². The summed E-state index contributed by atoms with van der Waals surface area (Å²) in [6.07, 6.45) is 3.57. The SMILES string of the molecule is CSc1cccnc1C(=O)N(C)C. The molecule has 0 radical (unpaired) electrons. The summed E-state index contributed by atoms with van der Waals surface area (Å²) in [5.41, 5.74) is 0.528. The third-order valence-corrected chi connectivity index (χ3v) is 2.37. The minimum absolute atomic E-state index is 0.0510. The van der Waals surface area contributed by atoms with Crippen molar-refractivity contribution < 1.29 is 4.79 Å². The van der Waals surface area contributed by atoms with Crippen LogP contribution in [0.25, 0.3) is 0 Å². The van der Waals surface area contributed by atoms with Gasteiger partial charge in [0.25, 0.3) is 5.91 Å². The van der Waals surface area contributed by atoms with Gasteiger partial charge < -0.3 is 4.90 Å². The fourth-order valence-electron chi connectivity index (χ4n) is 0.928. The van der Waals surface area contributed by atoms with Crippen LogP contribution in [0.15, 0.2) is 23.2 Å². The van der Waals surface area contributed by atoms with Crippen molar-refractivity contribution in [1.82, 2.24) is 9.88 Å². The van der Waals surface area contributed by atoms with Gasteiger partial charge >= 0.3 is 0 Å². The van der Waals surface area contributed by atoms with Gasteiger partial charge in [0.2, 0.25) is 0 Å². The molecular weight excluding hydrogens is 184 g/mol. The molecule has 0 bridgehead atoms. The number of amides is 1. The summed E-state index contributed by atoms with van der Waals surface area (Å²) in [6.45, 7) is 0. The Labute approximate surface area is 82.2 Å². The second kappa shape index (κ2) is 4.28. The molecule has 0 unspecified atom stereocenters. The van der Waals surface area contributed by atoms with Crippen LogP contribution in [0.1, 0.15) is 10.5 Å². The van der Waals surface area contributed by atoms with Crippen molar-refractivity contribution in [3.8, 4) is 0 Å². The van der Waals surface area contributed by atoms with E-state index in [-0.39, 0.29) is 5.91 Å². The molecule has 0 saturated heterocycles. The summed E-state index contributed by atoms with van der Waals surface area (Å²) < 4.78 is 0. The van der Waals surface area contributed by atoms with Crippen LogP contribution in [0, 0.1) is 0 Å². The molecule has 0 N–H and O–H groups in total. The molecule has 0 aliphatic carbocycles. The molecule has 13 heavy (non-hydrogen) atoms. The number of aromatic nitrogens is 1. The Morgan fingerprint density at radius 3 is 2.77 bits per heavy atom. The lowest BCUT2D eigenvalue weighted by molar-refractivity contribution is 0.0818. The van der Waals surface area contributed by atoms with Gasteiger partial charge in [0.15, 0.2) is 0 Å². The minimum Gasteiger partial charge on any atom is -0.343 e. The predicted octanol–water partition coefficient (Wildman–Crippen LogP) is 1.51. The summed E-state index contributed by atoms with van der Waals surface area (Å²) in [5, 5.41) is 0. The highest BCUT2D eigenvalue weighted by atomic mass is 32.2. The van der Waals surface area contributed by atoms with E-state index in [1.54, 1.807) is 20.3 Å². The molecular formula is C9H12N2OS. The first kappa shape index (κ1) is 10.1. The molecule has 1 rings (SSSR count). The van der Waals surface area contributed by atoms with Crippen molar-refractivity contribution >= 4 is 17.7 Å². The van der Waals surface area contributed by atoms with Crippen LogP contribution in [0.5, 0.6) is 0 Å². The van der Waals surface area contributed by atoms with Crippen LogP contribution in [-0.2, 0) is 0 Å². The molecule has 0 aromatic carbocycles. The molecule has 4 heteroatoms. The lowest BCUT2D eigenvalue weighted by atomic mass is 10.3. The fourth-order valence-corrected chi connectivity index (χ4v) is 1.48. The van der Waals surface area contributed by atoms with E-state index in [0.717, 1.165) is 4.90 Å². The first-order chi connectivity index (χ1) is 6.16. The summed E-state index contributed by atoms with van der Waals surface area (Å²) >= 11 is 1.53. The largest absolute Gasteiger partial charge is 0.343 e. The molecule has 0 atom stereocenters. The summed E-state index contributed by atoms with van der Waals surface area (Å²) in [6, 6.07) is 3.73. The topological polar surface area (TPSA) is 33.2 Å². The molecule has 0 fully saturated rings. The molecule has 0 aliphatic heterocycles. The number of carbonyl (C=O) groups is 1. The number of nitrogens with zero attached hydrogens (tertiary/aromatic N) is 2. The number of thioether (sulfide) groups is 1. The van der Waals surface area contributed by atoms with Gasteiger partial charge in [0.05, 0.1) is 0 Å². The Morgan fingerprint density at radius 2 is 2.23 bits per heavy atom. The first-order valence-corrected chi connectivity index (χ1v) is 5.10. The van der Waals surface area contributed by atoms with E-state index in [0.29, 0.717) is 5.69 Å². The van der Waals surface area contributed by atoms with Gasteiger partial charge in [0.1, 0.15) is 5.69 Å². The first-order valence-electron chi connectivity index (χ1n) is 3.87. The average Bonchev–Trinajstić information content (AvgIpc) is 2.16. The summed E-state index contributed by atoms with van der Waals surface area (Å²) in [4.78, 5) is 18.1. The van der Waals surface area contributed by atoms with E-state index >= 15 is 0 Å². The van der Waals surface area contributed by atoms with Crippen LogP contribution in [0.2, 0.25) is 0 Å². The number of hydrogen-bond donors (Lipinski definition) is 0. The van der Waals surface area contributed by atoms with Crippen molar-refractivity contribution in [2.24, 2.45) is 0 Å². The third-order valence-electron chi connectivity index (χ3n) is 1.60. The molecule has 1 aromatic heterocycles. The molecule has 3 nitrogen and oxygen atoms in total. The maximum absolute atomic E-state index is 11.6. The number of pyridine rings is 1. The van der Waals surface area contributed by atoms with Crippen LogP contribution in [-0.4, -0.2) is 36.1 Å². The van der Waals surface area contributed by atoms with Crippen molar-refractivity contribution in [2.45, 2.75) is 4.90 Å². The zero-order valence-corrected chi connectivity index (χ0v) is 8.76. The average molecular weight is 196 g/mol. The van der Waals surface area contributed by atoms with Crippen molar-refractivity contribution in [3.63, 3.8) is 0 Å². The van der Waals surface area contributed by atoms with E-state index in [2.05, 4.69) is 4.98 Å². The van der Waals surface area contributed by atoms with Gasteiger partial charge in [0, 0.05) is 25.2 Å². The van der Waals surface area contributed by atoms with Crippen molar-refractivity contribution in [1.29, 1.82) is 0 Å². The molecule has 1 aromatic rings. The maximum Gasteiger partial charge on any atom is 0.273 e. The Morgan fingerprint density at radius 1 is 1.54 bits per heavy atom. The number of carbonyl (C=O) groups excluding carboxylic acids is 1. The standard InChI is InChI=1S/C9H12N2OS/c1-11(2)9(12)8-7(13-3)5-4-6-10-8/h4-6H,1-3H3. The molecule has 0 saturated carbocycles. The molecule has 1 heterocycles. The van der Waals surface area contributed by atoms with E-state index < -0.39 is 0 Å². The van der Waals surface area contributed by atoms with Crippen LogP contribution >= 0.6 is 11.8 Å². The Bertz CT molecular complexity index is 312. The molecule has 0 spiro atoms. The maximum atomic E-state index is 11.6. The smallest absolute Gasteiger partial charge is 0.273 e. The van der Waals surface area contributed by atoms with Crippen molar-refractivity contribution in [2.75, 3.05) is 20.4 Å². The lowest BCUT2D eigenvalue weighted by Crippen LogP contribution is -2.23. The Hall–Kier alpha value is -1.03. The van der Waals surface area contributed by atoms with Crippen LogP contribution < -0.4 is 0 Å². The van der Waals surface area contributed by atoms with Crippen molar-refractivity contribution in [3.05, 3.63) is 24.0 Å². The molecule has 0 aliphatic rings. The van der Waals surface area contributed by atoms with E-state index in [4.69, 9.17) is 0 Å². The number of rotatable bonds is 2. The second-order valence-corrected chi connectivity index (χ2v) is 3.60. The van der Waals surface area contributed by atoms with Gasteiger partial charge in [-0.3, -0.25) is 4.79 Å². The molecule has 70 valence electrons. The monoisotopic (exact) mass is 196 g/mol. The highest BCUT2D eigenvalue weighted by Crippen LogP contribution is 2.18.